The highest BCUT2D eigenvalue weighted by Crippen LogP contribution is 2.40. The van der Waals surface area contributed by atoms with Crippen LogP contribution < -0.4 is 15.2 Å². The lowest BCUT2D eigenvalue weighted by Gasteiger charge is -2.32. The molecule has 178 valence electrons. The monoisotopic (exact) mass is 470 g/mol. The van der Waals surface area contributed by atoms with Crippen molar-refractivity contribution in [2.24, 2.45) is 0 Å². The molecule has 0 aliphatic carbocycles. The molecule has 1 aromatic heterocycles. The fourth-order valence-electron chi connectivity index (χ4n) is 4.92. The van der Waals surface area contributed by atoms with Crippen LogP contribution in [0.5, 0.6) is 0 Å². The van der Waals surface area contributed by atoms with Crippen molar-refractivity contribution < 1.29 is 27.8 Å². The van der Waals surface area contributed by atoms with Crippen LogP contribution in [-0.2, 0) is 4.74 Å². The molecule has 34 heavy (non-hydrogen) atoms. The standard InChI is InChI=1S/C25H24F2N2O5/c1-14-13-28(5-6-33-14)23-12-22(30)20-8-15(25(31)32)7-19(24(20)34-23)21-3-2-4-29(21)18-10-16(26)9-17(27)11-18/h7-12,14,21H,2-6,13H2,1H3,(H,31,32). The molecule has 0 spiro atoms. The van der Waals surface area contributed by atoms with E-state index >= 15 is 0 Å². The molecule has 5 rings (SSSR count). The molecule has 0 saturated carbocycles. The molecule has 2 atom stereocenters. The summed E-state index contributed by atoms with van der Waals surface area (Å²) in [5, 5.41) is 9.84. The summed E-state index contributed by atoms with van der Waals surface area (Å²) in [4.78, 5) is 28.7. The molecule has 2 unspecified atom stereocenters. The molecule has 1 N–H and O–H groups in total. The van der Waals surface area contributed by atoms with E-state index in [9.17, 15) is 23.5 Å². The molecule has 2 aliphatic heterocycles. The van der Waals surface area contributed by atoms with Crippen molar-refractivity contribution in [3.63, 3.8) is 0 Å². The van der Waals surface area contributed by atoms with Crippen LogP contribution in [-0.4, -0.2) is 43.4 Å². The molecule has 2 aromatic carbocycles. The Labute approximate surface area is 194 Å². The van der Waals surface area contributed by atoms with E-state index in [4.69, 9.17) is 9.15 Å². The van der Waals surface area contributed by atoms with Crippen LogP contribution in [0.15, 0.2) is 45.6 Å². The summed E-state index contributed by atoms with van der Waals surface area (Å²) in [6.07, 6.45) is 1.31. The van der Waals surface area contributed by atoms with Crippen molar-refractivity contribution >= 4 is 28.5 Å². The number of morpholine rings is 1. The third kappa shape index (κ3) is 4.11. The number of hydrogen-bond acceptors (Lipinski definition) is 6. The van der Waals surface area contributed by atoms with Gasteiger partial charge in [-0.1, -0.05) is 0 Å². The molecule has 2 saturated heterocycles. The normalized spacial score (nSPS) is 20.8. The van der Waals surface area contributed by atoms with Crippen molar-refractivity contribution in [1.82, 2.24) is 0 Å². The second-order valence-electron chi connectivity index (χ2n) is 8.80. The highest BCUT2D eigenvalue weighted by Gasteiger charge is 2.31. The zero-order valence-electron chi connectivity index (χ0n) is 18.6. The van der Waals surface area contributed by atoms with E-state index in [-0.39, 0.29) is 22.5 Å². The highest BCUT2D eigenvalue weighted by atomic mass is 19.1. The maximum atomic E-state index is 14.0. The van der Waals surface area contributed by atoms with Crippen molar-refractivity contribution in [2.75, 3.05) is 36.0 Å². The Morgan fingerprint density at radius 1 is 1.09 bits per heavy atom. The highest BCUT2D eigenvalue weighted by molar-refractivity contribution is 5.94. The molecule has 2 fully saturated rings. The zero-order chi connectivity index (χ0) is 24.0. The lowest BCUT2D eigenvalue weighted by Crippen LogP contribution is -2.41. The topological polar surface area (TPSA) is 83.2 Å². The first-order chi connectivity index (χ1) is 16.3. The Bertz CT molecular complexity index is 1300. The fourth-order valence-corrected chi connectivity index (χ4v) is 4.92. The maximum absolute atomic E-state index is 14.0. The molecule has 3 heterocycles. The predicted molar refractivity (Wildman–Crippen MR) is 123 cm³/mol. The van der Waals surface area contributed by atoms with E-state index in [2.05, 4.69) is 0 Å². The lowest BCUT2D eigenvalue weighted by atomic mass is 9.98. The Morgan fingerprint density at radius 3 is 2.56 bits per heavy atom. The van der Waals surface area contributed by atoms with Gasteiger partial charge in [0.25, 0.3) is 0 Å². The molecular formula is C25H24F2N2O5. The van der Waals surface area contributed by atoms with Gasteiger partial charge < -0.3 is 24.1 Å². The number of nitrogens with zero attached hydrogens (tertiary/aromatic N) is 2. The lowest BCUT2D eigenvalue weighted by molar-refractivity contribution is 0.0517. The van der Waals surface area contributed by atoms with E-state index in [0.29, 0.717) is 55.4 Å². The van der Waals surface area contributed by atoms with Crippen molar-refractivity contribution in [2.45, 2.75) is 31.9 Å². The third-order valence-corrected chi connectivity index (χ3v) is 6.43. The first kappa shape index (κ1) is 22.3. The summed E-state index contributed by atoms with van der Waals surface area (Å²) >= 11 is 0. The Balaban J connectivity index is 1.67. The summed E-state index contributed by atoms with van der Waals surface area (Å²) < 4.78 is 39.7. The van der Waals surface area contributed by atoms with Gasteiger partial charge in [0.2, 0.25) is 0 Å². The van der Waals surface area contributed by atoms with Gasteiger partial charge in [-0.3, -0.25) is 4.79 Å². The van der Waals surface area contributed by atoms with E-state index in [1.807, 2.05) is 16.7 Å². The summed E-state index contributed by atoms with van der Waals surface area (Å²) in [5.74, 6) is -2.17. The Kier molecular flexibility index (Phi) is 5.73. The summed E-state index contributed by atoms with van der Waals surface area (Å²) in [6, 6.07) is 7.10. The van der Waals surface area contributed by atoms with Crippen LogP contribution >= 0.6 is 0 Å². The number of ether oxygens (including phenoxy) is 1. The number of carboxylic acids is 1. The number of benzene rings is 2. The van der Waals surface area contributed by atoms with Crippen LogP contribution in [0.25, 0.3) is 11.0 Å². The summed E-state index contributed by atoms with van der Waals surface area (Å²) in [5.41, 5.74) is 0.771. The molecular weight excluding hydrogens is 446 g/mol. The third-order valence-electron chi connectivity index (χ3n) is 6.43. The summed E-state index contributed by atoms with van der Waals surface area (Å²) in [7, 11) is 0. The number of anilines is 2. The van der Waals surface area contributed by atoms with Crippen LogP contribution in [0, 0.1) is 11.6 Å². The maximum Gasteiger partial charge on any atom is 0.335 e. The molecule has 9 heteroatoms. The summed E-state index contributed by atoms with van der Waals surface area (Å²) in [6.45, 7) is 4.06. The number of carboxylic acid groups (broad SMARTS) is 1. The van der Waals surface area contributed by atoms with Gasteiger partial charge in [0.1, 0.15) is 17.2 Å². The minimum Gasteiger partial charge on any atom is -0.478 e. The van der Waals surface area contributed by atoms with Crippen molar-refractivity contribution in [3.8, 4) is 0 Å². The van der Waals surface area contributed by atoms with Gasteiger partial charge >= 0.3 is 5.97 Å². The van der Waals surface area contributed by atoms with E-state index in [0.717, 1.165) is 12.5 Å². The molecule has 0 amide bonds. The first-order valence-electron chi connectivity index (χ1n) is 11.2. The van der Waals surface area contributed by atoms with Crippen LogP contribution in [0.2, 0.25) is 0 Å². The Morgan fingerprint density at radius 2 is 1.85 bits per heavy atom. The van der Waals surface area contributed by atoms with Gasteiger partial charge in [0.05, 0.1) is 29.7 Å². The van der Waals surface area contributed by atoms with Crippen molar-refractivity contribution in [1.29, 1.82) is 0 Å². The minimum absolute atomic E-state index is 0.0307. The molecule has 0 bridgehead atoms. The van der Waals surface area contributed by atoms with E-state index in [1.54, 1.807) is 0 Å². The number of fused-ring (bicyclic) bond motifs is 1. The van der Waals surface area contributed by atoms with Crippen LogP contribution in [0.4, 0.5) is 20.4 Å². The van der Waals surface area contributed by atoms with Gasteiger partial charge in [0, 0.05) is 43.0 Å². The van der Waals surface area contributed by atoms with Gasteiger partial charge in [-0.15, -0.1) is 0 Å². The average Bonchev–Trinajstić information content (AvgIpc) is 3.27. The number of aromatic carboxylic acids is 1. The smallest absolute Gasteiger partial charge is 0.335 e. The number of carbonyl (C=O) groups is 1. The van der Waals surface area contributed by atoms with Gasteiger partial charge in [0.15, 0.2) is 11.3 Å². The second kappa shape index (κ2) is 8.72. The molecule has 7 nitrogen and oxygen atoms in total. The van der Waals surface area contributed by atoms with E-state index < -0.39 is 23.6 Å². The predicted octanol–water partition coefficient (Wildman–Crippen LogP) is 4.34. The van der Waals surface area contributed by atoms with Crippen LogP contribution in [0.3, 0.4) is 0 Å². The van der Waals surface area contributed by atoms with Crippen LogP contribution in [0.1, 0.15) is 41.7 Å². The zero-order valence-corrected chi connectivity index (χ0v) is 18.6. The minimum atomic E-state index is -1.17. The van der Waals surface area contributed by atoms with Gasteiger partial charge in [-0.2, -0.15) is 0 Å². The largest absolute Gasteiger partial charge is 0.478 e. The fraction of sp³-hybridized carbons (Fsp3) is 0.360. The first-order valence-corrected chi connectivity index (χ1v) is 11.2. The quantitative estimate of drug-likeness (QED) is 0.608. The SMILES string of the molecule is CC1CN(c2cc(=O)c3cc(C(=O)O)cc(C4CCCN4c4cc(F)cc(F)c4)c3o2)CCO1. The second-order valence-corrected chi connectivity index (χ2v) is 8.80. The van der Waals surface area contributed by atoms with Gasteiger partial charge in [-0.25, -0.2) is 13.6 Å². The number of halogens is 2. The van der Waals surface area contributed by atoms with Gasteiger partial charge in [-0.05, 0) is 44.0 Å². The number of rotatable bonds is 4. The van der Waals surface area contributed by atoms with Crippen molar-refractivity contribution in [3.05, 3.63) is 69.4 Å². The molecule has 2 aliphatic rings. The Hall–Kier alpha value is -3.46. The number of hydrogen-bond donors (Lipinski definition) is 1. The van der Waals surface area contributed by atoms with E-state index in [1.165, 1.54) is 30.3 Å². The average molecular weight is 470 g/mol. The molecule has 3 aromatic rings. The molecule has 0 radical (unpaired) electrons.